The lowest BCUT2D eigenvalue weighted by atomic mass is 10.1. The average Bonchev–Trinajstić information content (AvgIpc) is 2.70. The quantitative estimate of drug-likeness (QED) is 0.557. The van der Waals surface area contributed by atoms with Gasteiger partial charge in [0.15, 0.2) is 0 Å². The zero-order chi connectivity index (χ0) is 19.6. The molecule has 0 unspecified atom stereocenters. The number of carbonyl (C=O) groups is 1. The number of methoxy groups -OCH3 is 3. The third-order valence-electron chi connectivity index (χ3n) is 4.31. The molecule has 0 heterocycles. The summed E-state index contributed by atoms with van der Waals surface area (Å²) in [5.41, 5.74) is 2.08. The van der Waals surface area contributed by atoms with E-state index in [9.17, 15) is 4.79 Å². The van der Waals surface area contributed by atoms with Gasteiger partial charge in [-0.25, -0.2) is 0 Å². The molecule has 2 aromatic rings. The van der Waals surface area contributed by atoms with Crippen molar-refractivity contribution in [3.05, 3.63) is 52.0 Å². The number of nitrogens with one attached hydrogen (secondary N) is 1. The summed E-state index contributed by atoms with van der Waals surface area (Å²) >= 11 is 3.43. The van der Waals surface area contributed by atoms with E-state index in [2.05, 4.69) is 33.4 Å². The molecule has 146 valence electrons. The van der Waals surface area contributed by atoms with Crippen molar-refractivity contribution in [1.82, 2.24) is 5.32 Å². The molecule has 1 amide bonds. The van der Waals surface area contributed by atoms with E-state index in [4.69, 9.17) is 14.2 Å². The van der Waals surface area contributed by atoms with E-state index in [0.717, 1.165) is 29.3 Å². The van der Waals surface area contributed by atoms with Crippen LogP contribution in [0.15, 0.2) is 40.9 Å². The van der Waals surface area contributed by atoms with Crippen LogP contribution >= 0.6 is 15.9 Å². The molecule has 0 aliphatic heterocycles. The highest BCUT2D eigenvalue weighted by Gasteiger charge is 2.14. The number of carbonyl (C=O) groups excluding carboxylic acids is 1. The molecule has 2 aromatic carbocycles. The van der Waals surface area contributed by atoms with Gasteiger partial charge in [-0.05, 0) is 37.0 Å². The molecule has 1 N–H and O–H groups in total. The Balaban J connectivity index is 1.82. The minimum atomic E-state index is 0.0192. The Morgan fingerprint density at radius 3 is 2.15 bits per heavy atom. The van der Waals surface area contributed by atoms with Crippen LogP contribution in [0, 0.1) is 0 Å². The molecule has 6 heteroatoms. The highest BCUT2D eigenvalue weighted by Crippen LogP contribution is 2.33. The van der Waals surface area contributed by atoms with E-state index in [0.29, 0.717) is 30.2 Å². The molecule has 0 spiro atoms. The van der Waals surface area contributed by atoms with Crippen LogP contribution in [0.3, 0.4) is 0 Å². The molecule has 0 fully saturated rings. The lowest BCUT2D eigenvalue weighted by Crippen LogP contribution is -2.23. The fourth-order valence-corrected chi connectivity index (χ4v) is 3.06. The standard InChI is InChI=1S/C21H26BrNO4/c1-25-17-12-19(26-2)18(20(13-17)27-3)14-23-21(24)7-5-4-6-15-8-10-16(22)11-9-15/h8-13H,4-7,14H2,1-3H3,(H,23,24). The largest absolute Gasteiger partial charge is 0.496 e. The third-order valence-corrected chi connectivity index (χ3v) is 4.84. The minimum absolute atomic E-state index is 0.0192. The zero-order valence-electron chi connectivity index (χ0n) is 16.0. The Morgan fingerprint density at radius 1 is 0.963 bits per heavy atom. The van der Waals surface area contributed by atoms with Crippen molar-refractivity contribution in [2.75, 3.05) is 21.3 Å². The fourth-order valence-electron chi connectivity index (χ4n) is 2.79. The normalized spacial score (nSPS) is 10.4. The van der Waals surface area contributed by atoms with Crippen LogP contribution in [0.25, 0.3) is 0 Å². The van der Waals surface area contributed by atoms with Crippen LogP contribution in [-0.2, 0) is 17.8 Å². The Hall–Kier alpha value is -2.21. The summed E-state index contributed by atoms with van der Waals surface area (Å²) in [5, 5.41) is 2.95. The van der Waals surface area contributed by atoms with Crippen molar-refractivity contribution in [3.63, 3.8) is 0 Å². The first-order chi connectivity index (χ1) is 13.1. The molecule has 0 atom stereocenters. The van der Waals surface area contributed by atoms with E-state index in [1.165, 1.54) is 5.56 Å². The Bertz CT molecular complexity index is 721. The van der Waals surface area contributed by atoms with Gasteiger partial charge >= 0.3 is 0 Å². The number of rotatable bonds is 10. The second-order valence-electron chi connectivity index (χ2n) is 6.12. The van der Waals surface area contributed by atoms with Gasteiger partial charge in [-0.2, -0.15) is 0 Å². The van der Waals surface area contributed by atoms with E-state index in [-0.39, 0.29) is 5.91 Å². The van der Waals surface area contributed by atoms with E-state index < -0.39 is 0 Å². The zero-order valence-corrected chi connectivity index (χ0v) is 17.6. The third kappa shape index (κ3) is 6.47. The molecule has 0 aliphatic rings. The molecule has 0 saturated heterocycles. The van der Waals surface area contributed by atoms with Gasteiger partial charge in [-0.1, -0.05) is 28.1 Å². The van der Waals surface area contributed by atoms with Gasteiger partial charge in [0.1, 0.15) is 17.2 Å². The SMILES string of the molecule is COc1cc(OC)c(CNC(=O)CCCCc2ccc(Br)cc2)c(OC)c1. The second kappa shape index (κ2) is 10.8. The molecule has 0 aromatic heterocycles. The van der Waals surface area contributed by atoms with Crippen molar-refractivity contribution in [2.24, 2.45) is 0 Å². The van der Waals surface area contributed by atoms with Crippen molar-refractivity contribution in [1.29, 1.82) is 0 Å². The summed E-state index contributed by atoms with van der Waals surface area (Å²) in [7, 11) is 4.76. The van der Waals surface area contributed by atoms with Gasteiger partial charge in [0.25, 0.3) is 0 Å². The number of benzene rings is 2. The van der Waals surface area contributed by atoms with Gasteiger partial charge < -0.3 is 19.5 Å². The maximum absolute atomic E-state index is 12.2. The van der Waals surface area contributed by atoms with Crippen LogP contribution in [0.4, 0.5) is 0 Å². The van der Waals surface area contributed by atoms with Gasteiger partial charge in [0.2, 0.25) is 5.91 Å². The summed E-state index contributed by atoms with van der Waals surface area (Å²) in [4.78, 5) is 12.2. The monoisotopic (exact) mass is 435 g/mol. The summed E-state index contributed by atoms with van der Waals surface area (Å²) in [6, 6.07) is 11.8. The summed E-state index contributed by atoms with van der Waals surface area (Å²) in [6.07, 6.45) is 3.29. The smallest absolute Gasteiger partial charge is 0.220 e. The molecular formula is C21H26BrNO4. The molecule has 27 heavy (non-hydrogen) atoms. The first kappa shape index (κ1) is 21.1. The number of unbranched alkanes of at least 4 members (excludes halogenated alkanes) is 1. The Labute approximate surface area is 169 Å². The topological polar surface area (TPSA) is 56.8 Å². The van der Waals surface area contributed by atoms with Gasteiger partial charge in [0, 0.05) is 23.0 Å². The highest BCUT2D eigenvalue weighted by atomic mass is 79.9. The number of ether oxygens (including phenoxy) is 3. The molecular weight excluding hydrogens is 410 g/mol. The Kier molecular flexibility index (Phi) is 8.45. The van der Waals surface area contributed by atoms with E-state index >= 15 is 0 Å². The first-order valence-electron chi connectivity index (χ1n) is 8.87. The van der Waals surface area contributed by atoms with Crippen molar-refractivity contribution >= 4 is 21.8 Å². The molecule has 0 saturated carbocycles. The second-order valence-corrected chi connectivity index (χ2v) is 7.04. The number of hydrogen-bond donors (Lipinski definition) is 1. The predicted octanol–water partition coefficient (Wildman–Crippen LogP) is 4.50. The summed E-state index contributed by atoms with van der Waals surface area (Å²) in [6.45, 7) is 0.349. The number of amides is 1. The molecule has 0 radical (unpaired) electrons. The minimum Gasteiger partial charge on any atom is -0.496 e. The lowest BCUT2D eigenvalue weighted by Gasteiger charge is -2.15. The summed E-state index contributed by atoms with van der Waals surface area (Å²) in [5.74, 6) is 1.92. The van der Waals surface area contributed by atoms with E-state index in [1.807, 2.05) is 12.1 Å². The average molecular weight is 436 g/mol. The Morgan fingerprint density at radius 2 is 1.59 bits per heavy atom. The van der Waals surface area contributed by atoms with Crippen molar-refractivity contribution in [3.8, 4) is 17.2 Å². The fraction of sp³-hybridized carbons (Fsp3) is 0.381. The number of halogens is 1. The van der Waals surface area contributed by atoms with Gasteiger partial charge in [0.05, 0.1) is 33.4 Å². The van der Waals surface area contributed by atoms with E-state index in [1.54, 1.807) is 33.5 Å². The molecule has 0 bridgehead atoms. The van der Waals surface area contributed by atoms with Gasteiger partial charge in [-0.15, -0.1) is 0 Å². The van der Waals surface area contributed by atoms with Crippen LogP contribution in [0.2, 0.25) is 0 Å². The molecule has 0 aliphatic carbocycles. The van der Waals surface area contributed by atoms with Gasteiger partial charge in [-0.3, -0.25) is 4.79 Å². The number of aryl methyl sites for hydroxylation is 1. The molecule has 2 rings (SSSR count). The summed E-state index contributed by atoms with van der Waals surface area (Å²) < 4.78 is 17.1. The van der Waals surface area contributed by atoms with Crippen molar-refractivity contribution < 1.29 is 19.0 Å². The lowest BCUT2D eigenvalue weighted by molar-refractivity contribution is -0.121. The van der Waals surface area contributed by atoms with Crippen LogP contribution in [-0.4, -0.2) is 27.2 Å². The van der Waals surface area contributed by atoms with Crippen LogP contribution in [0.5, 0.6) is 17.2 Å². The predicted molar refractivity (Wildman–Crippen MR) is 110 cm³/mol. The van der Waals surface area contributed by atoms with Crippen molar-refractivity contribution in [2.45, 2.75) is 32.2 Å². The maximum Gasteiger partial charge on any atom is 0.220 e. The van der Waals surface area contributed by atoms with Crippen LogP contribution in [0.1, 0.15) is 30.4 Å². The number of hydrogen-bond acceptors (Lipinski definition) is 4. The highest BCUT2D eigenvalue weighted by molar-refractivity contribution is 9.10. The van der Waals surface area contributed by atoms with Crippen LogP contribution < -0.4 is 19.5 Å². The maximum atomic E-state index is 12.2. The first-order valence-corrected chi connectivity index (χ1v) is 9.66. The molecule has 5 nitrogen and oxygen atoms in total.